The number of hydrogen-bond acceptors (Lipinski definition) is 3. The summed E-state index contributed by atoms with van der Waals surface area (Å²) in [7, 11) is 0. The van der Waals surface area contributed by atoms with Gasteiger partial charge in [0.05, 0.1) is 11.6 Å². The van der Waals surface area contributed by atoms with Crippen molar-refractivity contribution in [3.05, 3.63) is 95.1 Å². The van der Waals surface area contributed by atoms with E-state index >= 15 is 0 Å². The zero-order chi connectivity index (χ0) is 30.5. The first-order valence-electron chi connectivity index (χ1n) is 15.2. The Balaban J connectivity index is 1.78. The number of carbonyl (C=O) groups is 1. The van der Waals surface area contributed by atoms with Gasteiger partial charge in [-0.2, -0.15) is 5.10 Å². The van der Waals surface area contributed by atoms with Gasteiger partial charge in [0, 0.05) is 57.4 Å². The highest BCUT2D eigenvalue weighted by Gasteiger charge is 2.36. The van der Waals surface area contributed by atoms with E-state index in [4.69, 9.17) is 4.74 Å². The van der Waals surface area contributed by atoms with Gasteiger partial charge in [-0.05, 0) is 102 Å². The third-order valence-electron chi connectivity index (χ3n) is 8.85. The van der Waals surface area contributed by atoms with Crippen molar-refractivity contribution in [3.63, 3.8) is 0 Å². The molecule has 4 heterocycles. The number of carbonyl (C=O) groups excluding carboxylic acids is 1. The highest BCUT2D eigenvalue weighted by Crippen LogP contribution is 2.41. The third-order valence-corrected chi connectivity index (χ3v) is 8.85. The molecule has 0 aromatic carbocycles. The molecule has 0 bridgehead atoms. The topological polar surface area (TPSA) is 114 Å². The predicted octanol–water partition coefficient (Wildman–Crippen LogP) is 8.24. The van der Waals surface area contributed by atoms with Gasteiger partial charge >= 0.3 is 6.09 Å². The van der Waals surface area contributed by atoms with Gasteiger partial charge in [0.2, 0.25) is 0 Å². The van der Waals surface area contributed by atoms with E-state index in [1.54, 1.807) is 0 Å². The average molecular weight is 573 g/mol. The van der Waals surface area contributed by atoms with Crippen LogP contribution in [0.3, 0.4) is 0 Å². The first-order chi connectivity index (χ1) is 20.0. The number of aromatic nitrogens is 4. The maximum absolute atomic E-state index is 12.5. The van der Waals surface area contributed by atoms with Crippen molar-refractivity contribution in [2.45, 2.75) is 103 Å². The molecule has 0 saturated carbocycles. The molecule has 0 spiro atoms. The number of ether oxygens (including phenoxy) is 1. The summed E-state index contributed by atoms with van der Waals surface area (Å²) in [5, 5.41) is 4.52. The van der Waals surface area contributed by atoms with E-state index in [9.17, 15) is 4.79 Å². The molecule has 0 atom stereocenters. The summed E-state index contributed by atoms with van der Waals surface area (Å²) in [5.74, 6) is -0.243. The Kier molecular flexibility index (Phi) is 9.24. The van der Waals surface area contributed by atoms with E-state index in [1.165, 1.54) is 11.4 Å². The zero-order valence-electron chi connectivity index (χ0n) is 26.4. The fourth-order valence-electron chi connectivity index (χ4n) is 6.41. The number of nitrogens with one attached hydrogen (secondary N) is 5. The Hall–Kier alpha value is -3.94. The second-order valence-electron chi connectivity index (χ2n) is 12.2. The summed E-state index contributed by atoms with van der Waals surface area (Å²) in [6.45, 7) is 16.4. The minimum atomic E-state index is -0.613. The van der Waals surface area contributed by atoms with Crippen LogP contribution in [0.2, 0.25) is 0 Å². The Morgan fingerprint density at radius 3 is 1.57 bits per heavy atom. The number of nitrogens with zero attached hydrogens (tertiary/aromatic N) is 1. The van der Waals surface area contributed by atoms with Gasteiger partial charge in [-0.3, -0.25) is 0 Å². The molecule has 4 rings (SSSR count). The van der Waals surface area contributed by atoms with Gasteiger partial charge in [0.1, 0.15) is 5.60 Å². The van der Waals surface area contributed by atoms with E-state index in [1.807, 2.05) is 40.1 Å². The predicted molar refractivity (Wildman–Crippen MR) is 170 cm³/mol. The molecule has 1 amide bonds. The molecule has 4 aromatic heterocycles. The highest BCUT2D eigenvalue weighted by atomic mass is 16.6. The van der Waals surface area contributed by atoms with Gasteiger partial charge in [0.25, 0.3) is 0 Å². The standard InChI is InChI=1S/C34H48N6O2/c1-9-33(10-2,26-15-13-21-35-26)28-19-17-24(37-28)30(23(5)39-40-31(41)42-32(6,7)8)25-18-20-29(38-25)34(11-3,12-4)27-16-14-22-36-27/h13-22,30,35-38H,9-12H2,1-8H3,(H,40,41)/b39-23+. The number of rotatable bonds is 12. The van der Waals surface area contributed by atoms with Crippen LogP contribution in [0, 0.1) is 0 Å². The van der Waals surface area contributed by atoms with E-state index in [0.29, 0.717) is 0 Å². The first kappa shape index (κ1) is 31.0. The van der Waals surface area contributed by atoms with E-state index in [-0.39, 0.29) is 16.7 Å². The maximum atomic E-state index is 12.5. The first-order valence-corrected chi connectivity index (χ1v) is 15.2. The van der Waals surface area contributed by atoms with Gasteiger partial charge in [0.15, 0.2) is 0 Å². The molecule has 0 saturated heterocycles. The molecule has 5 N–H and O–H groups in total. The summed E-state index contributed by atoms with van der Waals surface area (Å²) >= 11 is 0. The largest absolute Gasteiger partial charge is 0.443 e. The number of hydrazone groups is 1. The molecule has 8 nitrogen and oxygen atoms in total. The maximum Gasteiger partial charge on any atom is 0.428 e. The van der Waals surface area contributed by atoms with E-state index in [0.717, 1.165) is 54.2 Å². The van der Waals surface area contributed by atoms with Gasteiger partial charge in [-0.25, -0.2) is 10.2 Å². The fourth-order valence-corrected chi connectivity index (χ4v) is 6.41. The van der Waals surface area contributed by atoms with Crippen LogP contribution in [0.15, 0.2) is 66.0 Å². The van der Waals surface area contributed by atoms with Crippen molar-refractivity contribution in [3.8, 4) is 0 Å². The molecule has 0 fully saturated rings. The van der Waals surface area contributed by atoms with Crippen molar-refractivity contribution < 1.29 is 9.53 Å². The molecule has 0 aliphatic heterocycles. The molecule has 0 aliphatic carbocycles. The van der Waals surface area contributed by atoms with Crippen LogP contribution < -0.4 is 5.43 Å². The summed E-state index contributed by atoms with van der Waals surface area (Å²) < 4.78 is 5.44. The highest BCUT2D eigenvalue weighted by molar-refractivity contribution is 5.91. The monoisotopic (exact) mass is 572 g/mol. The lowest BCUT2D eigenvalue weighted by molar-refractivity contribution is 0.0529. The van der Waals surface area contributed by atoms with Gasteiger partial charge in [-0.15, -0.1) is 0 Å². The minimum Gasteiger partial charge on any atom is -0.443 e. The molecule has 4 aromatic rings. The quantitative estimate of drug-likeness (QED) is 0.0869. The van der Waals surface area contributed by atoms with Crippen LogP contribution in [0.25, 0.3) is 0 Å². The third kappa shape index (κ3) is 5.98. The molecule has 0 unspecified atom stereocenters. The fraction of sp³-hybridized carbons (Fsp3) is 0.471. The van der Waals surface area contributed by atoms with Crippen molar-refractivity contribution in [1.29, 1.82) is 0 Å². The lowest BCUT2D eigenvalue weighted by atomic mass is 9.76. The number of H-pyrrole nitrogens is 4. The van der Waals surface area contributed by atoms with Crippen molar-refractivity contribution in [2.24, 2.45) is 5.10 Å². The molecule has 0 radical (unpaired) electrons. The summed E-state index contributed by atoms with van der Waals surface area (Å²) in [4.78, 5) is 27.0. The lowest BCUT2D eigenvalue weighted by Gasteiger charge is -2.31. The van der Waals surface area contributed by atoms with Crippen LogP contribution in [-0.4, -0.2) is 37.3 Å². The van der Waals surface area contributed by atoms with E-state index in [2.05, 4.69) is 107 Å². The van der Waals surface area contributed by atoms with Gasteiger partial charge in [-0.1, -0.05) is 27.7 Å². The molecule has 42 heavy (non-hydrogen) atoms. The smallest absolute Gasteiger partial charge is 0.428 e. The Labute approximate surface area is 250 Å². The van der Waals surface area contributed by atoms with E-state index < -0.39 is 11.7 Å². The average Bonchev–Trinajstić information content (AvgIpc) is 3.78. The lowest BCUT2D eigenvalue weighted by Crippen LogP contribution is -2.31. The summed E-state index contributed by atoms with van der Waals surface area (Å²) in [6.07, 6.45) is 7.17. The molecular formula is C34H48N6O2. The second-order valence-corrected chi connectivity index (χ2v) is 12.2. The van der Waals surface area contributed by atoms with Crippen molar-refractivity contribution in [1.82, 2.24) is 25.4 Å². The summed E-state index contributed by atoms with van der Waals surface area (Å²) in [5.41, 5.74) is 9.09. The zero-order valence-corrected chi connectivity index (χ0v) is 26.4. The number of hydrogen-bond donors (Lipinski definition) is 5. The molecular weight excluding hydrogens is 524 g/mol. The summed E-state index contributed by atoms with van der Waals surface area (Å²) in [6, 6.07) is 17.1. The Bertz CT molecular complexity index is 1350. The molecule has 226 valence electrons. The minimum absolute atomic E-state index is 0.166. The molecule has 8 heteroatoms. The normalized spacial score (nSPS) is 13.1. The van der Waals surface area contributed by atoms with Crippen LogP contribution in [0.5, 0.6) is 0 Å². The van der Waals surface area contributed by atoms with Crippen LogP contribution in [0.4, 0.5) is 4.79 Å². The number of aromatic amines is 4. The second kappa shape index (κ2) is 12.5. The van der Waals surface area contributed by atoms with Crippen LogP contribution in [-0.2, 0) is 15.6 Å². The SMILES string of the molecule is CCC(CC)(c1ccc[nH]1)c1ccc(C(/C(C)=N/NC(=O)OC(C)(C)C)c2ccc(C(CC)(CC)c3ccc[nH]3)[nH]2)[nH]1. The van der Waals surface area contributed by atoms with Crippen LogP contribution in [0.1, 0.15) is 121 Å². The number of amides is 1. The van der Waals surface area contributed by atoms with Gasteiger partial charge < -0.3 is 24.7 Å². The molecule has 0 aliphatic rings. The van der Waals surface area contributed by atoms with Crippen molar-refractivity contribution in [2.75, 3.05) is 0 Å². The van der Waals surface area contributed by atoms with Crippen molar-refractivity contribution >= 4 is 11.8 Å². The Morgan fingerprint density at radius 1 is 0.762 bits per heavy atom. The van der Waals surface area contributed by atoms with Crippen LogP contribution >= 0.6 is 0 Å². The Morgan fingerprint density at radius 2 is 1.21 bits per heavy atom.